The fourth-order valence-corrected chi connectivity index (χ4v) is 5.31. The zero-order valence-corrected chi connectivity index (χ0v) is 29.0. The first-order valence-corrected chi connectivity index (χ1v) is 17.2. The predicted molar refractivity (Wildman–Crippen MR) is 167 cm³/mol. The van der Waals surface area contributed by atoms with Gasteiger partial charge in [0.25, 0.3) is 0 Å². The Morgan fingerprint density at radius 1 is 0.732 bits per heavy atom. The van der Waals surface area contributed by atoms with Gasteiger partial charge in [-0.05, 0) is 24.8 Å². The summed E-state index contributed by atoms with van der Waals surface area (Å²) < 4.78 is 12.6. The lowest BCUT2D eigenvalue weighted by molar-refractivity contribution is -0.692. The summed E-state index contributed by atoms with van der Waals surface area (Å²) in [7, 11) is 0. The molecule has 238 valence electrons. The number of carbonyl (C=O) groups excluding carboxylic acids is 2. The van der Waals surface area contributed by atoms with Crippen molar-refractivity contribution in [3.05, 3.63) is 29.2 Å². The van der Waals surface area contributed by atoms with E-state index in [0.29, 0.717) is 18.5 Å². The van der Waals surface area contributed by atoms with Crippen molar-refractivity contribution in [3.63, 3.8) is 0 Å². The van der Waals surface area contributed by atoms with Crippen molar-refractivity contribution < 1.29 is 47.6 Å². The molecule has 0 bridgehead atoms. The first-order valence-electron chi connectivity index (χ1n) is 16.3. The second-order valence-electron chi connectivity index (χ2n) is 11.1. The molecule has 0 fully saturated rings. The van der Waals surface area contributed by atoms with E-state index in [1.54, 1.807) is 11.3 Å². The molecule has 1 N–H and O–H groups in total. The van der Waals surface area contributed by atoms with Gasteiger partial charge < -0.3 is 38.8 Å². The number of halogens is 1. The average Bonchev–Trinajstić information content (AvgIpc) is 3.48. The molecule has 1 aromatic rings. The van der Waals surface area contributed by atoms with Crippen LogP contribution in [0.3, 0.4) is 0 Å². The minimum atomic E-state index is -0.436. The highest BCUT2D eigenvalue weighted by Gasteiger charge is 2.07. The molecule has 0 unspecified atom stereocenters. The molecular formula is C33H59IN2O4S. The lowest BCUT2D eigenvalue weighted by atomic mass is 10.0. The Kier molecular flexibility index (Phi) is 29.4. The van der Waals surface area contributed by atoms with Gasteiger partial charge in [0.1, 0.15) is 19.8 Å². The molecular weight excluding hydrogens is 647 g/mol. The quantitative estimate of drug-likeness (QED) is 0.0378. The molecule has 1 aromatic heterocycles. The first-order chi connectivity index (χ1) is 19.6. The van der Waals surface area contributed by atoms with Crippen LogP contribution in [0.15, 0.2) is 29.2 Å². The molecule has 0 aliphatic carbocycles. The Balaban J connectivity index is 0.0000160. The Labute approximate surface area is 272 Å². The average molecular weight is 707 g/mol. The van der Waals surface area contributed by atoms with E-state index >= 15 is 0 Å². The summed E-state index contributed by atoms with van der Waals surface area (Å²) in [4.78, 5) is 23.8. The molecule has 0 saturated carbocycles. The number of ether oxygens (including phenoxy) is 2. The van der Waals surface area contributed by atoms with E-state index in [-0.39, 0.29) is 43.2 Å². The normalized spacial score (nSPS) is 10.7. The van der Waals surface area contributed by atoms with Crippen LogP contribution in [0.1, 0.15) is 142 Å². The number of hydrogen-bond acceptors (Lipinski definition) is 5. The number of alkyl carbamates (subject to hydrolysis) is 1. The number of rotatable bonds is 28. The summed E-state index contributed by atoms with van der Waals surface area (Å²) in [5, 5.41) is 4.87. The van der Waals surface area contributed by atoms with Gasteiger partial charge in [0.2, 0.25) is 5.51 Å². The van der Waals surface area contributed by atoms with Crippen molar-refractivity contribution in [2.75, 3.05) is 19.8 Å². The molecule has 6 nitrogen and oxygen atoms in total. The number of amides is 1. The SMILES string of the molecule is C=C(COC(=O)CCCCCC[n+]1ccsc1)COC(=O)NCCCCCCCCCCCCCCCCCC.[I-]. The third-order valence-corrected chi connectivity index (χ3v) is 7.89. The van der Waals surface area contributed by atoms with Gasteiger partial charge in [-0.3, -0.25) is 4.79 Å². The third-order valence-electron chi connectivity index (χ3n) is 7.22. The summed E-state index contributed by atoms with van der Waals surface area (Å²) >= 11 is 1.70. The largest absolute Gasteiger partial charge is 1.00 e. The van der Waals surface area contributed by atoms with Crippen molar-refractivity contribution in [2.24, 2.45) is 0 Å². The van der Waals surface area contributed by atoms with Gasteiger partial charge in [0, 0.05) is 19.4 Å². The number of hydrogen-bond donors (Lipinski definition) is 1. The fraction of sp³-hybridized carbons (Fsp3) is 0.788. The van der Waals surface area contributed by atoms with Gasteiger partial charge >= 0.3 is 12.1 Å². The maximum absolute atomic E-state index is 11.9. The van der Waals surface area contributed by atoms with Crippen molar-refractivity contribution in [1.82, 2.24) is 5.32 Å². The van der Waals surface area contributed by atoms with E-state index in [2.05, 4.69) is 40.5 Å². The number of unbranched alkanes of at least 4 members (excludes halogenated alkanes) is 18. The highest BCUT2D eigenvalue weighted by molar-refractivity contribution is 7.07. The lowest BCUT2D eigenvalue weighted by Crippen LogP contribution is -3.00. The van der Waals surface area contributed by atoms with Gasteiger partial charge in [-0.1, -0.05) is 128 Å². The van der Waals surface area contributed by atoms with Crippen LogP contribution in [0.4, 0.5) is 4.79 Å². The van der Waals surface area contributed by atoms with E-state index in [4.69, 9.17) is 9.47 Å². The van der Waals surface area contributed by atoms with Crippen LogP contribution in [0, 0.1) is 0 Å². The fourth-order valence-electron chi connectivity index (χ4n) is 4.68. The van der Waals surface area contributed by atoms with E-state index in [0.717, 1.165) is 45.1 Å². The zero-order chi connectivity index (χ0) is 28.9. The molecule has 0 aliphatic heterocycles. The molecule has 0 aromatic carbocycles. The molecule has 1 rings (SSSR count). The smallest absolute Gasteiger partial charge is 0.407 e. The molecule has 0 spiro atoms. The summed E-state index contributed by atoms with van der Waals surface area (Å²) in [6.07, 6.45) is 27.5. The second kappa shape index (κ2) is 30.3. The number of nitrogens with one attached hydrogen (secondary N) is 1. The van der Waals surface area contributed by atoms with E-state index in [9.17, 15) is 9.59 Å². The summed E-state index contributed by atoms with van der Waals surface area (Å²) in [5.74, 6) is -0.221. The van der Waals surface area contributed by atoms with Gasteiger partial charge in [0.15, 0.2) is 6.20 Å². The highest BCUT2D eigenvalue weighted by atomic mass is 127. The molecule has 41 heavy (non-hydrogen) atoms. The number of nitrogens with zero attached hydrogens (tertiary/aromatic N) is 1. The highest BCUT2D eigenvalue weighted by Crippen LogP contribution is 2.13. The Hall–Kier alpha value is -1.16. The maximum atomic E-state index is 11.9. The van der Waals surface area contributed by atoms with Gasteiger partial charge in [0.05, 0.1) is 5.38 Å². The summed E-state index contributed by atoms with van der Waals surface area (Å²) in [6.45, 7) is 7.94. The first kappa shape index (κ1) is 39.8. The summed E-state index contributed by atoms with van der Waals surface area (Å²) in [6, 6.07) is 0. The Morgan fingerprint density at radius 2 is 1.24 bits per heavy atom. The van der Waals surface area contributed by atoms with Gasteiger partial charge in [-0.2, -0.15) is 4.57 Å². The van der Waals surface area contributed by atoms with Gasteiger partial charge in [-0.15, -0.1) is 0 Å². The number of aromatic nitrogens is 1. The second-order valence-corrected chi connectivity index (χ2v) is 11.9. The van der Waals surface area contributed by atoms with Crippen LogP contribution < -0.4 is 33.9 Å². The van der Waals surface area contributed by atoms with Crippen molar-refractivity contribution >= 4 is 23.4 Å². The van der Waals surface area contributed by atoms with Gasteiger partial charge in [-0.25, -0.2) is 4.79 Å². The molecule has 0 atom stereocenters. The van der Waals surface area contributed by atoms with Crippen LogP contribution in [0.5, 0.6) is 0 Å². The molecule has 0 saturated heterocycles. The van der Waals surface area contributed by atoms with Crippen LogP contribution >= 0.6 is 11.3 Å². The Morgan fingerprint density at radius 3 is 1.80 bits per heavy atom. The minimum absolute atomic E-state index is 0. The minimum Gasteiger partial charge on any atom is -1.00 e. The zero-order valence-electron chi connectivity index (χ0n) is 26.0. The molecule has 1 heterocycles. The predicted octanol–water partition coefficient (Wildman–Crippen LogP) is 6.08. The van der Waals surface area contributed by atoms with E-state index in [1.807, 2.05) is 0 Å². The van der Waals surface area contributed by atoms with Crippen LogP contribution in [0.2, 0.25) is 0 Å². The maximum Gasteiger partial charge on any atom is 0.407 e. The summed E-state index contributed by atoms with van der Waals surface area (Å²) in [5.41, 5.74) is 2.69. The van der Waals surface area contributed by atoms with Crippen LogP contribution in [-0.4, -0.2) is 31.8 Å². The number of thiazole rings is 1. The lowest BCUT2D eigenvalue weighted by Gasteiger charge is -2.10. The van der Waals surface area contributed by atoms with Crippen molar-refractivity contribution in [1.29, 1.82) is 0 Å². The van der Waals surface area contributed by atoms with Crippen molar-refractivity contribution in [3.8, 4) is 0 Å². The third kappa shape index (κ3) is 27.4. The molecule has 0 radical (unpaired) electrons. The van der Waals surface area contributed by atoms with E-state index in [1.165, 1.54) is 89.9 Å². The topological polar surface area (TPSA) is 68.5 Å². The number of aryl methyl sites for hydroxylation is 1. The van der Waals surface area contributed by atoms with Crippen LogP contribution in [-0.2, 0) is 20.8 Å². The molecule has 0 aliphatic rings. The number of carbonyl (C=O) groups is 2. The Bertz CT molecular complexity index is 746. The monoisotopic (exact) mass is 706 g/mol. The van der Waals surface area contributed by atoms with E-state index < -0.39 is 6.09 Å². The molecule has 1 amide bonds. The van der Waals surface area contributed by atoms with Crippen molar-refractivity contribution in [2.45, 2.75) is 148 Å². The standard InChI is InChI=1S/C33H58N2O4S.HI/c1-3-4-5-6-7-8-9-10-11-12-13-14-15-16-18-21-24-34-33(37)39-29-31(2)28-38-32(36)23-20-17-19-22-25-35-26-27-40-30-35;/h26-27,30H,2-25,28-29H2,1H3;1H. The molecule has 8 heteroatoms. The van der Waals surface area contributed by atoms with Crippen LogP contribution in [0.25, 0.3) is 0 Å². The number of esters is 1.